The quantitative estimate of drug-likeness (QED) is 0.685. The van der Waals surface area contributed by atoms with Crippen molar-refractivity contribution in [3.63, 3.8) is 0 Å². The van der Waals surface area contributed by atoms with Crippen LogP contribution in [0, 0.1) is 6.92 Å². The van der Waals surface area contributed by atoms with Crippen molar-refractivity contribution in [2.75, 3.05) is 0 Å². The van der Waals surface area contributed by atoms with Crippen LogP contribution in [0.25, 0.3) is 0 Å². The maximum Gasteiger partial charge on any atom is 0.118 e. The Kier molecular flexibility index (Phi) is 3.77. The maximum absolute atomic E-state index is 9.35. The molecule has 0 saturated carbocycles. The minimum Gasteiger partial charge on any atom is -0.508 e. The van der Waals surface area contributed by atoms with Crippen LogP contribution in [0.3, 0.4) is 0 Å². The average molecular weight is 168 g/mol. The molecule has 12 heavy (non-hydrogen) atoms. The topological polar surface area (TPSA) is 51.7 Å². The predicted molar refractivity (Wildman–Crippen MR) is 50.5 cm³/mol. The van der Waals surface area contributed by atoms with Crippen molar-refractivity contribution in [3.8, 4) is 5.75 Å². The second-order valence-corrected chi connectivity index (χ2v) is 3.20. The van der Waals surface area contributed by atoms with Crippen LogP contribution in [0.5, 0.6) is 5.75 Å². The minimum absolute atomic E-state index is 0. The summed E-state index contributed by atoms with van der Waals surface area (Å²) in [5.74, 6) is 0.887. The van der Waals surface area contributed by atoms with E-state index < -0.39 is 0 Å². The first-order valence-electron chi connectivity index (χ1n) is 3.91. The van der Waals surface area contributed by atoms with Gasteiger partial charge in [-0.25, -0.2) is 0 Å². The van der Waals surface area contributed by atoms with Crippen molar-refractivity contribution in [1.29, 1.82) is 0 Å². The second-order valence-electron chi connectivity index (χ2n) is 3.20. The fourth-order valence-electron chi connectivity index (χ4n) is 0.986. The Hall–Kier alpha value is -1.02. The molecule has 2 heteroatoms. The summed E-state index contributed by atoms with van der Waals surface area (Å²) in [5.41, 5.74) is 2.13. The lowest BCUT2D eigenvalue weighted by molar-refractivity contribution is 0.470. The van der Waals surface area contributed by atoms with E-state index in [4.69, 9.17) is 0 Å². The molecule has 0 bridgehead atoms. The van der Waals surface area contributed by atoms with Gasteiger partial charge in [0.1, 0.15) is 5.75 Å². The van der Waals surface area contributed by atoms with E-state index in [0.29, 0.717) is 11.7 Å². The Morgan fingerprint density at radius 1 is 1.25 bits per heavy atom. The first-order valence-corrected chi connectivity index (χ1v) is 3.91. The number of aromatic hydroxyl groups is 1. The molecule has 1 aromatic carbocycles. The summed E-state index contributed by atoms with van der Waals surface area (Å²) in [6, 6.07) is 5.84. The Labute approximate surface area is 73.2 Å². The van der Waals surface area contributed by atoms with Crippen LogP contribution in [0.2, 0.25) is 0 Å². The Morgan fingerprint density at radius 3 is 2.25 bits per heavy atom. The zero-order valence-electron chi connectivity index (χ0n) is 7.76. The summed E-state index contributed by atoms with van der Waals surface area (Å²) >= 11 is 0. The van der Waals surface area contributed by atoms with Gasteiger partial charge in [-0.05, 0) is 30.0 Å². The maximum atomic E-state index is 9.35. The van der Waals surface area contributed by atoms with Crippen molar-refractivity contribution >= 4 is 0 Å². The highest BCUT2D eigenvalue weighted by atomic mass is 16.3. The van der Waals surface area contributed by atoms with Crippen LogP contribution in [-0.2, 0) is 0 Å². The van der Waals surface area contributed by atoms with Crippen molar-refractivity contribution in [2.45, 2.75) is 26.7 Å². The zero-order valence-corrected chi connectivity index (χ0v) is 7.76. The SMILES string of the molecule is Cc1ccc(C(C)C)cc1O.O. The van der Waals surface area contributed by atoms with Crippen LogP contribution >= 0.6 is 0 Å². The van der Waals surface area contributed by atoms with Gasteiger partial charge in [-0.1, -0.05) is 26.0 Å². The van der Waals surface area contributed by atoms with E-state index in [0.717, 1.165) is 5.56 Å². The van der Waals surface area contributed by atoms with Crippen LogP contribution in [0.15, 0.2) is 18.2 Å². The van der Waals surface area contributed by atoms with Gasteiger partial charge in [0.25, 0.3) is 0 Å². The lowest BCUT2D eigenvalue weighted by atomic mass is 10.0. The van der Waals surface area contributed by atoms with Crippen LogP contribution in [-0.4, -0.2) is 10.6 Å². The molecule has 0 aliphatic rings. The molecule has 0 amide bonds. The highest BCUT2D eigenvalue weighted by molar-refractivity contribution is 5.36. The molecule has 2 nitrogen and oxygen atoms in total. The molecule has 0 unspecified atom stereocenters. The fourth-order valence-corrected chi connectivity index (χ4v) is 0.986. The van der Waals surface area contributed by atoms with Gasteiger partial charge in [-0.3, -0.25) is 0 Å². The van der Waals surface area contributed by atoms with Crippen molar-refractivity contribution in [3.05, 3.63) is 29.3 Å². The Bertz CT molecular complexity index is 254. The molecule has 1 aromatic rings. The monoisotopic (exact) mass is 168 g/mol. The van der Waals surface area contributed by atoms with Gasteiger partial charge in [-0.2, -0.15) is 0 Å². The van der Waals surface area contributed by atoms with Gasteiger partial charge in [-0.15, -0.1) is 0 Å². The van der Waals surface area contributed by atoms with Gasteiger partial charge in [0, 0.05) is 0 Å². The molecular formula is C10H16O2. The smallest absolute Gasteiger partial charge is 0.118 e. The predicted octanol–water partition coefficient (Wildman–Crippen LogP) is 2.00. The third-order valence-corrected chi connectivity index (χ3v) is 1.90. The van der Waals surface area contributed by atoms with Crippen LogP contribution < -0.4 is 0 Å². The number of phenolic OH excluding ortho intramolecular Hbond substituents is 1. The number of hydrogen-bond acceptors (Lipinski definition) is 1. The molecule has 0 spiro atoms. The molecule has 0 saturated heterocycles. The van der Waals surface area contributed by atoms with Gasteiger partial charge in [0.05, 0.1) is 0 Å². The molecule has 0 aromatic heterocycles. The number of phenols is 1. The molecule has 0 radical (unpaired) electrons. The highest BCUT2D eigenvalue weighted by Crippen LogP contribution is 2.22. The average Bonchev–Trinajstić information content (AvgIpc) is 1.94. The summed E-state index contributed by atoms with van der Waals surface area (Å²) in [6.45, 7) is 6.13. The number of aryl methyl sites for hydroxylation is 1. The zero-order chi connectivity index (χ0) is 8.43. The molecule has 1 rings (SSSR count). The van der Waals surface area contributed by atoms with Gasteiger partial charge in [0.15, 0.2) is 0 Å². The molecule has 68 valence electrons. The Morgan fingerprint density at radius 2 is 1.83 bits per heavy atom. The molecule has 3 N–H and O–H groups in total. The molecule has 0 aliphatic heterocycles. The fraction of sp³-hybridized carbons (Fsp3) is 0.400. The Balaban J connectivity index is 0.00000121. The minimum atomic E-state index is 0. The summed E-state index contributed by atoms with van der Waals surface area (Å²) in [4.78, 5) is 0. The molecule has 0 fully saturated rings. The number of hydrogen-bond donors (Lipinski definition) is 1. The lowest BCUT2D eigenvalue weighted by Gasteiger charge is -2.06. The lowest BCUT2D eigenvalue weighted by Crippen LogP contribution is -1.86. The van der Waals surface area contributed by atoms with Crippen molar-refractivity contribution in [1.82, 2.24) is 0 Å². The van der Waals surface area contributed by atoms with Gasteiger partial charge in [0.2, 0.25) is 0 Å². The standard InChI is InChI=1S/C10H14O.H2O/c1-7(2)9-5-4-8(3)10(11)6-9;/h4-7,11H,1-3H3;1H2. The first-order chi connectivity index (χ1) is 5.11. The third-order valence-electron chi connectivity index (χ3n) is 1.90. The highest BCUT2D eigenvalue weighted by Gasteiger charge is 2.00. The van der Waals surface area contributed by atoms with E-state index in [1.807, 2.05) is 19.1 Å². The van der Waals surface area contributed by atoms with E-state index in [2.05, 4.69) is 19.9 Å². The summed E-state index contributed by atoms with van der Waals surface area (Å²) < 4.78 is 0. The third kappa shape index (κ3) is 2.24. The summed E-state index contributed by atoms with van der Waals surface area (Å²) in [5, 5.41) is 9.35. The molecule has 0 aliphatic carbocycles. The summed E-state index contributed by atoms with van der Waals surface area (Å²) in [7, 11) is 0. The molecule has 0 heterocycles. The van der Waals surface area contributed by atoms with Crippen molar-refractivity contribution in [2.24, 2.45) is 0 Å². The van der Waals surface area contributed by atoms with E-state index >= 15 is 0 Å². The van der Waals surface area contributed by atoms with Gasteiger partial charge < -0.3 is 10.6 Å². The normalized spacial score (nSPS) is 9.67. The summed E-state index contributed by atoms with van der Waals surface area (Å²) in [6.07, 6.45) is 0. The van der Waals surface area contributed by atoms with Crippen LogP contribution in [0.4, 0.5) is 0 Å². The van der Waals surface area contributed by atoms with E-state index in [1.54, 1.807) is 0 Å². The first kappa shape index (κ1) is 11.0. The van der Waals surface area contributed by atoms with Gasteiger partial charge >= 0.3 is 0 Å². The van der Waals surface area contributed by atoms with E-state index in [9.17, 15) is 5.11 Å². The molecule has 0 atom stereocenters. The largest absolute Gasteiger partial charge is 0.508 e. The van der Waals surface area contributed by atoms with Crippen molar-refractivity contribution < 1.29 is 10.6 Å². The number of rotatable bonds is 1. The molecular weight excluding hydrogens is 152 g/mol. The van der Waals surface area contributed by atoms with E-state index in [-0.39, 0.29) is 5.48 Å². The number of benzene rings is 1. The van der Waals surface area contributed by atoms with E-state index in [1.165, 1.54) is 5.56 Å². The second kappa shape index (κ2) is 4.12. The van der Waals surface area contributed by atoms with Crippen LogP contribution in [0.1, 0.15) is 30.9 Å².